The van der Waals surface area contributed by atoms with E-state index in [1.807, 2.05) is 0 Å². The van der Waals surface area contributed by atoms with Crippen LogP contribution in [-0.2, 0) is 4.79 Å². The number of halogens is 1. The number of amides is 3. The lowest BCUT2D eigenvalue weighted by molar-refractivity contribution is -0.117. The number of nitrogens with one attached hydrogen (secondary N) is 3. The van der Waals surface area contributed by atoms with Crippen LogP contribution in [0.1, 0.15) is 27.6 Å². The van der Waals surface area contributed by atoms with Gasteiger partial charge in [-0.2, -0.15) is 0 Å². The van der Waals surface area contributed by atoms with Crippen LogP contribution >= 0.6 is 11.6 Å². The minimum Gasteiger partial charge on any atom is -0.355 e. The summed E-state index contributed by atoms with van der Waals surface area (Å²) in [6, 6.07) is 12.3. The zero-order valence-corrected chi connectivity index (χ0v) is 14.6. The van der Waals surface area contributed by atoms with Crippen molar-refractivity contribution in [1.29, 1.82) is 0 Å². The molecule has 1 atom stereocenters. The molecule has 0 aliphatic rings. The number of rotatable bonds is 5. The molecule has 2 rings (SSSR count). The molecule has 0 radical (unpaired) electrons. The normalized spacial score (nSPS) is 11.3. The van der Waals surface area contributed by atoms with E-state index in [9.17, 15) is 14.4 Å². The van der Waals surface area contributed by atoms with E-state index in [4.69, 9.17) is 11.6 Å². The van der Waals surface area contributed by atoms with E-state index in [0.717, 1.165) is 0 Å². The summed E-state index contributed by atoms with van der Waals surface area (Å²) in [6.45, 7) is 1.57. The van der Waals surface area contributed by atoms with E-state index in [2.05, 4.69) is 16.0 Å². The third kappa shape index (κ3) is 4.81. The molecule has 6 nitrogen and oxygen atoms in total. The van der Waals surface area contributed by atoms with Gasteiger partial charge in [-0.1, -0.05) is 23.7 Å². The fourth-order valence-corrected chi connectivity index (χ4v) is 2.31. The molecule has 0 heterocycles. The van der Waals surface area contributed by atoms with Crippen molar-refractivity contribution in [3.8, 4) is 0 Å². The summed E-state index contributed by atoms with van der Waals surface area (Å²) in [5.41, 5.74) is 1.32. The number of carbonyl (C=O) groups is 3. The standard InChI is InChI=1S/C18H18ClN3O3/c1-11(21-18(25)14-5-3-4-6-15(14)19)16(23)22-13-9-7-12(8-10-13)17(24)20-2/h3-11H,1-2H3,(H,20,24)(H,21,25)(H,22,23). The van der Waals surface area contributed by atoms with Crippen molar-refractivity contribution in [1.82, 2.24) is 10.6 Å². The van der Waals surface area contributed by atoms with Gasteiger partial charge in [0.1, 0.15) is 6.04 Å². The molecule has 0 aromatic heterocycles. The monoisotopic (exact) mass is 359 g/mol. The molecule has 0 bridgehead atoms. The molecule has 0 aliphatic heterocycles. The highest BCUT2D eigenvalue weighted by atomic mass is 35.5. The first-order valence-electron chi connectivity index (χ1n) is 7.60. The van der Waals surface area contributed by atoms with E-state index in [1.54, 1.807) is 62.5 Å². The van der Waals surface area contributed by atoms with E-state index in [0.29, 0.717) is 21.8 Å². The molecule has 1 unspecified atom stereocenters. The average Bonchev–Trinajstić information content (AvgIpc) is 2.61. The molecule has 0 saturated heterocycles. The van der Waals surface area contributed by atoms with Gasteiger partial charge in [-0.15, -0.1) is 0 Å². The van der Waals surface area contributed by atoms with Gasteiger partial charge < -0.3 is 16.0 Å². The van der Waals surface area contributed by atoms with Crippen molar-refractivity contribution < 1.29 is 14.4 Å². The Balaban J connectivity index is 1.97. The van der Waals surface area contributed by atoms with Crippen LogP contribution < -0.4 is 16.0 Å². The molecule has 0 aliphatic carbocycles. The molecule has 130 valence electrons. The van der Waals surface area contributed by atoms with E-state index < -0.39 is 11.9 Å². The van der Waals surface area contributed by atoms with Gasteiger partial charge in [0.2, 0.25) is 5.91 Å². The van der Waals surface area contributed by atoms with Crippen molar-refractivity contribution in [2.24, 2.45) is 0 Å². The molecule has 0 saturated carbocycles. The highest BCUT2D eigenvalue weighted by Gasteiger charge is 2.18. The second-order valence-electron chi connectivity index (χ2n) is 5.32. The number of carbonyl (C=O) groups excluding carboxylic acids is 3. The molecular weight excluding hydrogens is 342 g/mol. The maximum atomic E-state index is 12.2. The van der Waals surface area contributed by atoms with Crippen LogP contribution in [0.3, 0.4) is 0 Å². The predicted octanol–water partition coefficient (Wildman–Crippen LogP) is 2.46. The van der Waals surface area contributed by atoms with Gasteiger partial charge in [0, 0.05) is 18.3 Å². The van der Waals surface area contributed by atoms with Crippen LogP contribution in [0.4, 0.5) is 5.69 Å². The summed E-state index contributed by atoms with van der Waals surface area (Å²) >= 11 is 5.97. The van der Waals surface area contributed by atoms with Crippen LogP contribution in [0.15, 0.2) is 48.5 Å². The summed E-state index contributed by atoms with van der Waals surface area (Å²) in [7, 11) is 1.54. The number of hydrogen-bond acceptors (Lipinski definition) is 3. The molecule has 2 aromatic rings. The molecule has 0 spiro atoms. The van der Waals surface area contributed by atoms with Crippen LogP contribution in [0.5, 0.6) is 0 Å². The highest BCUT2D eigenvalue weighted by Crippen LogP contribution is 2.15. The zero-order valence-electron chi connectivity index (χ0n) is 13.8. The molecule has 0 fully saturated rings. The third-order valence-corrected chi connectivity index (χ3v) is 3.83. The Morgan fingerprint density at radius 3 is 2.20 bits per heavy atom. The Bertz CT molecular complexity index is 790. The summed E-state index contributed by atoms with van der Waals surface area (Å²) in [5.74, 6) is -1.02. The molecule has 2 aromatic carbocycles. The highest BCUT2D eigenvalue weighted by molar-refractivity contribution is 6.33. The largest absolute Gasteiger partial charge is 0.355 e. The van der Waals surface area contributed by atoms with Gasteiger partial charge in [0.15, 0.2) is 0 Å². The summed E-state index contributed by atoms with van der Waals surface area (Å²) < 4.78 is 0. The molecule has 25 heavy (non-hydrogen) atoms. The van der Waals surface area contributed by atoms with Gasteiger partial charge in [-0.05, 0) is 43.3 Å². The maximum absolute atomic E-state index is 12.2. The quantitative estimate of drug-likeness (QED) is 0.766. The smallest absolute Gasteiger partial charge is 0.253 e. The summed E-state index contributed by atoms with van der Waals surface area (Å²) in [5, 5.41) is 8.11. The first kappa shape index (κ1) is 18.5. The average molecular weight is 360 g/mol. The summed E-state index contributed by atoms with van der Waals surface area (Å²) in [4.78, 5) is 35.8. The summed E-state index contributed by atoms with van der Waals surface area (Å²) in [6.07, 6.45) is 0. The van der Waals surface area contributed by atoms with Crippen molar-refractivity contribution in [3.05, 3.63) is 64.7 Å². The van der Waals surface area contributed by atoms with Gasteiger partial charge in [0.25, 0.3) is 11.8 Å². The number of hydrogen-bond donors (Lipinski definition) is 3. The third-order valence-electron chi connectivity index (χ3n) is 3.50. The van der Waals surface area contributed by atoms with E-state index in [-0.39, 0.29) is 11.8 Å². The Kier molecular flexibility index (Phi) is 6.14. The lowest BCUT2D eigenvalue weighted by Gasteiger charge is -2.15. The molecule has 3 N–H and O–H groups in total. The lowest BCUT2D eigenvalue weighted by Crippen LogP contribution is -2.41. The van der Waals surface area contributed by atoms with Gasteiger partial charge >= 0.3 is 0 Å². The van der Waals surface area contributed by atoms with Crippen LogP contribution in [0.25, 0.3) is 0 Å². The first-order valence-corrected chi connectivity index (χ1v) is 7.98. The van der Waals surface area contributed by atoms with Crippen molar-refractivity contribution in [2.45, 2.75) is 13.0 Å². The number of anilines is 1. The van der Waals surface area contributed by atoms with Gasteiger partial charge in [-0.25, -0.2) is 0 Å². The number of benzene rings is 2. The SMILES string of the molecule is CNC(=O)c1ccc(NC(=O)C(C)NC(=O)c2ccccc2Cl)cc1. The Labute approximate surface area is 150 Å². The van der Waals surface area contributed by atoms with E-state index in [1.165, 1.54) is 0 Å². The zero-order chi connectivity index (χ0) is 18.4. The Hall–Kier alpha value is -2.86. The van der Waals surface area contributed by atoms with Gasteiger partial charge in [0.05, 0.1) is 10.6 Å². The van der Waals surface area contributed by atoms with Crippen molar-refractivity contribution in [2.75, 3.05) is 12.4 Å². The topological polar surface area (TPSA) is 87.3 Å². The second-order valence-corrected chi connectivity index (χ2v) is 5.73. The van der Waals surface area contributed by atoms with Crippen LogP contribution in [0.2, 0.25) is 5.02 Å². The van der Waals surface area contributed by atoms with Gasteiger partial charge in [-0.3, -0.25) is 14.4 Å². The Morgan fingerprint density at radius 2 is 1.60 bits per heavy atom. The predicted molar refractivity (Wildman–Crippen MR) is 96.8 cm³/mol. The van der Waals surface area contributed by atoms with Crippen LogP contribution in [0, 0.1) is 0 Å². The van der Waals surface area contributed by atoms with E-state index >= 15 is 0 Å². The molecular formula is C18H18ClN3O3. The fourth-order valence-electron chi connectivity index (χ4n) is 2.09. The fraction of sp³-hybridized carbons (Fsp3) is 0.167. The first-order chi connectivity index (χ1) is 11.9. The minimum atomic E-state index is -0.762. The minimum absolute atomic E-state index is 0.210. The maximum Gasteiger partial charge on any atom is 0.253 e. The Morgan fingerprint density at radius 1 is 0.960 bits per heavy atom. The second kappa shape index (κ2) is 8.30. The van der Waals surface area contributed by atoms with Crippen LogP contribution in [-0.4, -0.2) is 30.8 Å². The van der Waals surface area contributed by atoms with Crippen molar-refractivity contribution in [3.63, 3.8) is 0 Å². The lowest BCUT2D eigenvalue weighted by atomic mass is 10.1. The van der Waals surface area contributed by atoms with Crippen molar-refractivity contribution >= 4 is 35.0 Å². The molecule has 3 amide bonds. The molecule has 7 heteroatoms.